The summed E-state index contributed by atoms with van der Waals surface area (Å²) in [4.78, 5) is 5.62. The number of nitrogens with zero attached hydrogens (tertiary/aromatic N) is 2. The molecule has 2 unspecified atom stereocenters. The molecule has 12 rings (SSSR count). The lowest BCUT2D eigenvalue weighted by atomic mass is 9.43. The normalized spacial score (nSPS) is 20.3. The Hall–Kier alpha value is -5.58. The Morgan fingerprint density at radius 2 is 1.28 bits per heavy atom. The molecule has 7 aromatic carbocycles. The van der Waals surface area contributed by atoms with E-state index in [1.807, 2.05) is 11.3 Å². The van der Waals surface area contributed by atoms with E-state index in [0.717, 1.165) is 0 Å². The smallest absolute Gasteiger partial charge is 0.333 e. The van der Waals surface area contributed by atoms with Crippen LogP contribution in [0.5, 0.6) is 0 Å². The standard InChI is InChI=1S/C54H47BN2S/c1-52(2,3)38-31-43-50-44(32-38)55-49-46(56(50)54(5)29-15-14-28-53(43,54)4)33-42-40-20-12-13-21-47(40)58-51(42)48(49)41-27-24-37(35-18-10-7-11-19-35)30-45(41)57(55)39-25-22-36(23-26-39)34-16-8-6-9-17-34/h6-13,16-27,30-33H,14-15,28-29H2,1-5H3. The molecule has 58 heavy (non-hydrogen) atoms. The van der Waals surface area contributed by atoms with Crippen molar-refractivity contribution in [1.29, 1.82) is 0 Å². The molecule has 2 atom stereocenters. The van der Waals surface area contributed by atoms with E-state index in [1.54, 1.807) is 5.56 Å². The Kier molecular flexibility index (Phi) is 7.13. The van der Waals surface area contributed by atoms with Crippen molar-refractivity contribution in [3.8, 4) is 33.4 Å². The maximum atomic E-state index is 2.89. The monoisotopic (exact) mass is 766 g/mol. The minimum atomic E-state index is -0.0450. The number of hydrogen-bond donors (Lipinski definition) is 0. The van der Waals surface area contributed by atoms with Crippen molar-refractivity contribution in [3.05, 3.63) is 157 Å². The van der Waals surface area contributed by atoms with Crippen molar-refractivity contribution >= 4 is 72.0 Å². The van der Waals surface area contributed by atoms with Gasteiger partial charge >= 0.3 is 6.85 Å². The fraction of sp³-hybridized carbons (Fsp3) is 0.222. The fourth-order valence-electron chi connectivity index (χ4n) is 11.5. The minimum Gasteiger partial charge on any atom is -0.376 e. The zero-order chi connectivity index (χ0) is 39.1. The average molecular weight is 767 g/mol. The van der Waals surface area contributed by atoms with Crippen molar-refractivity contribution in [1.82, 2.24) is 0 Å². The largest absolute Gasteiger partial charge is 0.376 e. The van der Waals surface area contributed by atoms with Crippen LogP contribution in [0.2, 0.25) is 0 Å². The molecule has 8 aromatic rings. The van der Waals surface area contributed by atoms with Crippen LogP contribution in [0, 0.1) is 0 Å². The third-order valence-corrected chi connectivity index (χ3v) is 15.9. The number of rotatable bonds is 3. The molecule has 0 bridgehead atoms. The van der Waals surface area contributed by atoms with Gasteiger partial charge in [-0.3, -0.25) is 0 Å². The number of hydrogen-bond acceptors (Lipinski definition) is 3. The predicted octanol–water partition coefficient (Wildman–Crippen LogP) is 13.7. The SMILES string of the molecule is CC(C)(C)c1cc2c3c(c1)C1(C)CCCCC1(C)N3c1cc3c(sc4ccccc43)c3c1B2N(c1ccc(-c2ccccc2)cc1)c1cc(-c2ccccc2)ccc1-3. The lowest BCUT2D eigenvalue weighted by Gasteiger charge is -2.53. The van der Waals surface area contributed by atoms with Gasteiger partial charge in [-0.2, -0.15) is 0 Å². The van der Waals surface area contributed by atoms with Gasteiger partial charge in [-0.25, -0.2) is 0 Å². The van der Waals surface area contributed by atoms with Crippen molar-refractivity contribution in [2.75, 3.05) is 9.71 Å². The van der Waals surface area contributed by atoms with Gasteiger partial charge in [0, 0.05) is 59.5 Å². The number of benzene rings is 7. The van der Waals surface area contributed by atoms with Crippen LogP contribution in [0.25, 0.3) is 53.6 Å². The predicted molar refractivity (Wildman–Crippen MR) is 251 cm³/mol. The molecule has 1 aromatic heterocycles. The maximum Gasteiger partial charge on any atom is 0.333 e. The zero-order valence-electron chi connectivity index (χ0n) is 34.1. The first kappa shape index (κ1) is 34.5. The van der Waals surface area contributed by atoms with E-state index in [0.29, 0.717) is 0 Å². The molecule has 0 spiro atoms. The summed E-state index contributed by atoms with van der Waals surface area (Å²) in [6.07, 6.45) is 4.93. The molecular formula is C54H47BN2S. The molecule has 1 fully saturated rings. The van der Waals surface area contributed by atoms with Gasteiger partial charge in [0.25, 0.3) is 0 Å². The average Bonchev–Trinajstić information content (AvgIpc) is 3.72. The lowest BCUT2D eigenvalue weighted by Crippen LogP contribution is -2.64. The summed E-state index contributed by atoms with van der Waals surface area (Å²) < 4.78 is 2.77. The Bertz CT molecular complexity index is 2980. The van der Waals surface area contributed by atoms with E-state index in [2.05, 4.69) is 190 Å². The molecule has 2 nitrogen and oxygen atoms in total. The van der Waals surface area contributed by atoms with E-state index < -0.39 is 0 Å². The highest BCUT2D eigenvalue weighted by atomic mass is 32.1. The summed E-state index contributed by atoms with van der Waals surface area (Å²) in [5.41, 5.74) is 19.0. The summed E-state index contributed by atoms with van der Waals surface area (Å²) in [5, 5.41) is 2.75. The Balaban J connectivity index is 1.24. The maximum absolute atomic E-state index is 2.89. The molecule has 282 valence electrons. The van der Waals surface area contributed by atoms with E-state index in [9.17, 15) is 0 Å². The van der Waals surface area contributed by atoms with Gasteiger partial charge in [-0.15, -0.1) is 11.3 Å². The van der Waals surface area contributed by atoms with Crippen LogP contribution in [0.1, 0.15) is 71.4 Å². The summed E-state index contributed by atoms with van der Waals surface area (Å²) in [6, 6.07) is 55.5. The molecule has 4 heteroatoms. The van der Waals surface area contributed by atoms with Crippen LogP contribution in [0.4, 0.5) is 22.7 Å². The van der Waals surface area contributed by atoms with E-state index in [4.69, 9.17) is 0 Å². The summed E-state index contributed by atoms with van der Waals surface area (Å²) >= 11 is 1.98. The molecule has 1 aliphatic carbocycles. The zero-order valence-corrected chi connectivity index (χ0v) is 34.9. The highest BCUT2D eigenvalue weighted by molar-refractivity contribution is 7.26. The second kappa shape index (κ2) is 12.0. The first-order valence-corrected chi connectivity index (χ1v) is 22.1. The topological polar surface area (TPSA) is 6.48 Å². The van der Waals surface area contributed by atoms with Gasteiger partial charge in [0.1, 0.15) is 0 Å². The van der Waals surface area contributed by atoms with Gasteiger partial charge in [0.15, 0.2) is 0 Å². The van der Waals surface area contributed by atoms with Crippen LogP contribution < -0.4 is 20.6 Å². The second-order valence-corrected chi connectivity index (χ2v) is 19.9. The van der Waals surface area contributed by atoms with Crippen molar-refractivity contribution in [2.45, 2.75) is 76.7 Å². The second-order valence-electron chi connectivity index (χ2n) is 18.8. The van der Waals surface area contributed by atoms with Crippen LogP contribution in [-0.2, 0) is 10.8 Å². The van der Waals surface area contributed by atoms with Crippen LogP contribution in [-0.4, -0.2) is 12.4 Å². The van der Waals surface area contributed by atoms with Crippen molar-refractivity contribution < 1.29 is 0 Å². The molecule has 0 amide bonds. The fourth-order valence-corrected chi connectivity index (χ4v) is 12.8. The van der Waals surface area contributed by atoms with Crippen molar-refractivity contribution in [3.63, 3.8) is 0 Å². The summed E-state index contributed by atoms with van der Waals surface area (Å²) in [6.45, 7) is 12.4. The van der Waals surface area contributed by atoms with E-state index in [1.165, 1.54) is 118 Å². The lowest BCUT2D eigenvalue weighted by molar-refractivity contribution is 0.195. The molecule has 4 aliphatic rings. The van der Waals surface area contributed by atoms with E-state index in [-0.39, 0.29) is 23.2 Å². The highest BCUT2D eigenvalue weighted by Gasteiger charge is 2.62. The number of anilines is 4. The van der Waals surface area contributed by atoms with Gasteiger partial charge in [0.2, 0.25) is 0 Å². The van der Waals surface area contributed by atoms with Gasteiger partial charge in [0.05, 0.1) is 5.54 Å². The number of fused-ring (bicyclic) bond motifs is 11. The Morgan fingerprint density at radius 3 is 2.02 bits per heavy atom. The van der Waals surface area contributed by atoms with Gasteiger partial charge < -0.3 is 9.71 Å². The summed E-state index contributed by atoms with van der Waals surface area (Å²) in [7, 11) is 0. The molecule has 4 heterocycles. The van der Waals surface area contributed by atoms with Crippen LogP contribution in [0.15, 0.2) is 146 Å². The van der Waals surface area contributed by atoms with Crippen LogP contribution >= 0.6 is 11.3 Å². The quantitative estimate of drug-likeness (QED) is 0.165. The van der Waals surface area contributed by atoms with E-state index >= 15 is 0 Å². The van der Waals surface area contributed by atoms with Gasteiger partial charge in [-0.05, 0) is 99.8 Å². The van der Waals surface area contributed by atoms with Crippen molar-refractivity contribution in [2.24, 2.45) is 0 Å². The van der Waals surface area contributed by atoms with Crippen LogP contribution in [0.3, 0.4) is 0 Å². The molecule has 0 radical (unpaired) electrons. The van der Waals surface area contributed by atoms with Gasteiger partial charge in [-0.1, -0.05) is 156 Å². The number of thiophene rings is 1. The first-order chi connectivity index (χ1) is 28.1. The third kappa shape index (κ3) is 4.56. The molecular weight excluding hydrogens is 719 g/mol. The molecule has 0 N–H and O–H groups in total. The minimum absolute atomic E-state index is 0.00582. The summed E-state index contributed by atoms with van der Waals surface area (Å²) in [5.74, 6) is 0. The first-order valence-electron chi connectivity index (χ1n) is 21.3. The Morgan fingerprint density at radius 1 is 0.621 bits per heavy atom. The molecule has 1 saturated carbocycles. The Labute approximate surface area is 346 Å². The highest BCUT2D eigenvalue weighted by Crippen LogP contribution is 2.63. The molecule has 0 saturated heterocycles. The third-order valence-electron chi connectivity index (χ3n) is 14.7. The molecule has 3 aliphatic heterocycles.